The second kappa shape index (κ2) is 7.03. The fourth-order valence-corrected chi connectivity index (χ4v) is 2.99. The van der Waals surface area contributed by atoms with Gasteiger partial charge in [-0.25, -0.2) is 0 Å². The Labute approximate surface area is 126 Å². The molecule has 1 aliphatic heterocycles. The van der Waals surface area contributed by atoms with Crippen LogP contribution in [0.3, 0.4) is 0 Å². The molecule has 0 N–H and O–H groups in total. The van der Waals surface area contributed by atoms with Crippen molar-refractivity contribution in [2.75, 3.05) is 26.9 Å². The van der Waals surface area contributed by atoms with Crippen LogP contribution in [-0.4, -0.2) is 37.9 Å². The van der Waals surface area contributed by atoms with Gasteiger partial charge in [0.05, 0.1) is 19.4 Å². The van der Waals surface area contributed by atoms with Crippen molar-refractivity contribution in [3.63, 3.8) is 0 Å². The van der Waals surface area contributed by atoms with Gasteiger partial charge in [-0.15, -0.1) is 0 Å². The maximum Gasteiger partial charge on any atom is 0.0987 e. The Balaban J connectivity index is 1.58. The van der Waals surface area contributed by atoms with E-state index in [0.29, 0.717) is 19.4 Å². The smallest absolute Gasteiger partial charge is 0.0987 e. The van der Waals surface area contributed by atoms with Crippen LogP contribution < -0.4 is 0 Å². The molecule has 3 nitrogen and oxygen atoms in total. The summed E-state index contributed by atoms with van der Waals surface area (Å²) in [6.07, 6.45) is 2.65. The highest BCUT2D eigenvalue weighted by Crippen LogP contribution is 2.18. The number of benzene rings is 2. The van der Waals surface area contributed by atoms with Crippen LogP contribution in [0.4, 0.5) is 0 Å². The van der Waals surface area contributed by atoms with Crippen LogP contribution in [0.25, 0.3) is 10.8 Å². The van der Waals surface area contributed by atoms with Crippen LogP contribution >= 0.6 is 0 Å². The highest BCUT2D eigenvalue weighted by Gasteiger charge is 2.19. The topological polar surface area (TPSA) is 21.7 Å². The van der Waals surface area contributed by atoms with Gasteiger partial charge in [-0.2, -0.15) is 0 Å². The van der Waals surface area contributed by atoms with Gasteiger partial charge in [0.25, 0.3) is 0 Å². The van der Waals surface area contributed by atoms with Crippen LogP contribution in [0, 0.1) is 0 Å². The molecule has 1 atom stereocenters. The van der Waals surface area contributed by atoms with Crippen LogP contribution in [0.5, 0.6) is 0 Å². The van der Waals surface area contributed by atoms with Gasteiger partial charge in [-0.1, -0.05) is 36.4 Å². The zero-order chi connectivity index (χ0) is 14.5. The summed E-state index contributed by atoms with van der Waals surface area (Å²) in [5.41, 5.74) is 1.25. The average Bonchev–Trinajstić information content (AvgIpc) is 2.53. The summed E-state index contributed by atoms with van der Waals surface area (Å²) in [7, 11) is 1.75. The minimum Gasteiger partial charge on any atom is -0.372 e. The van der Waals surface area contributed by atoms with E-state index in [1.54, 1.807) is 7.11 Å². The summed E-state index contributed by atoms with van der Waals surface area (Å²) in [5, 5.41) is 2.56. The van der Waals surface area contributed by atoms with E-state index in [1.165, 1.54) is 22.8 Å². The van der Waals surface area contributed by atoms with Crippen LogP contribution in [0.1, 0.15) is 18.4 Å². The van der Waals surface area contributed by atoms with Gasteiger partial charge in [0.1, 0.15) is 0 Å². The normalized spacial score (nSPS) is 20.0. The number of methoxy groups -OCH3 is 1. The van der Waals surface area contributed by atoms with Crippen molar-refractivity contribution in [1.29, 1.82) is 0 Å². The van der Waals surface area contributed by atoms with Gasteiger partial charge < -0.3 is 9.47 Å². The molecule has 1 fully saturated rings. The lowest BCUT2D eigenvalue weighted by molar-refractivity contribution is -0.0401. The summed E-state index contributed by atoms with van der Waals surface area (Å²) in [4.78, 5) is 2.31. The van der Waals surface area contributed by atoms with E-state index in [1.807, 2.05) is 0 Å². The number of fused-ring (bicyclic) bond motifs is 1. The van der Waals surface area contributed by atoms with E-state index in [-0.39, 0.29) is 0 Å². The quantitative estimate of drug-likeness (QED) is 0.840. The van der Waals surface area contributed by atoms with Crippen molar-refractivity contribution in [2.45, 2.75) is 25.6 Å². The fraction of sp³-hybridized carbons (Fsp3) is 0.444. The van der Waals surface area contributed by atoms with Gasteiger partial charge in [-0.3, -0.25) is 4.90 Å². The van der Waals surface area contributed by atoms with E-state index in [9.17, 15) is 0 Å². The van der Waals surface area contributed by atoms with Crippen molar-refractivity contribution < 1.29 is 9.47 Å². The molecule has 21 heavy (non-hydrogen) atoms. The third-order valence-corrected chi connectivity index (χ3v) is 4.07. The van der Waals surface area contributed by atoms with E-state index in [2.05, 4.69) is 47.4 Å². The first-order chi connectivity index (χ1) is 10.3. The molecule has 112 valence electrons. The van der Waals surface area contributed by atoms with Crippen molar-refractivity contribution in [2.24, 2.45) is 0 Å². The molecule has 1 unspecified atom stereocenters. The number of hydrogen-bond donors (Lipinski definition) is 0. The van der Waals surface area contributed by atoms with Gasteiger partial charge in [0.2, 0.25) is 0 Å². The Morgan fingerprint density at radius 2 is 2.00 bits per heavy atom. The molecule has 0 saturated carbocycles. The predicted octanol–water partition coefficient (Wildman–Crippen LogP) is 3.42. The molecule has 2 aromatic rings. The number of rotatable bonds is 5. The maximum absolute atomic E-state index is 6.10. The molecule has 0 bridgehead atoms. The Morgan fingerprint density at radius 3 is 2.86 bits per heavy atom. The Morgan fingerprint density at radius 1 is 1.14 bits per heavy atom. The van der Waals surface area contributed by atoms with E-state index in [0.717, 1.165) is 19.5 Å². The number of likely N-dealkylation sites (tertiary alicyclic amines) is 1. The second-order valence-corrected chi connectivity index (χ2v) is 5.75. The van der Waals surface area contributed by atoms with E-state index in [4.69, 9.17) is 9.47 Å². The number of hydrogen-bond acceptors (Lipinski definition) is 3. The summed E-state index contributed by atoms with van der Waals surface area (Å²) in [5.74, 6) is 0. The monoisotopic (exact) mass is 285 g/mol. The SMILES string of the molecule is COCN1CCCC(OCc2ccc3ccccc3c2)C1. The van der Waals surface area contributed by atoms with Crippen molar-refractivity contribution in [1.82, 2.24) is 4.90 Å². The second-order valence-electron chi connectivity index (χ2n) is 5.75. The molecule has 1 aliphatic rings. The third-order valence-electron chi connectivity index (χ3n) is 4.07. The molecule has 0 spiro atoms. The van der Waals surface area contributed by atoms with Gasteiger partial charge in [0, 0.05) is 20.2 Å². The van der Waals surface area contributed by atoms with Gasteiger partial charge in [0.15, 0.2) is 0 Å². The molecule has 0 radical (unpaired) electrons. The predicted molar refractivity (Wildman–Crippen MR) is 85.2 cm³/mol. The summed E-state index contributed by atoms with van der Waals surface area (Å²) in [6, 6.07) is 15.0. The highest BCUT2D eigenvalue weighted by molar-refractivity contribution is 5.82. The summed E-state index contributed by atoms with van der Waals surface area (Å²) in [6.45, 7) is 3.48. The van der Waals surface area contributed by atoms with Crippen molar-refractivity contribution in [3.05, 3.63) is 48.0 Å². The Kier molecular flexibility index (Phi) is 4.86. The van der Waals surface area contributed by atoms with Gasteiger partial charge >= 0.3 is 0 Å². The lowest BCUT2D eigenvalue weighted by Crippen LogP contribution is -2.40. The highest BCUT2D eigenvalue weighted by atomic mass is 16.5. The number of ether oxygens (including phenoxy) is 2. The maximum atomic E-state index is 6.10. The van der Waals surface area contributed by atoms with Gasteiger partial charge in [-0.05, 0) is 35.2 Å². The molecule has 0 amide bonds. The largest absolute Gasteiger partial charge is 0.372 e. The Bertz CT molecular complexity index is 582. The van der Waals surface area contributed by atoms with Crippen molar-refractivity contribution >= 4 is 10.8 Å². The molecule has 3 rings (SSSR count). The minimum absolute atomic E-state index is 0.320. The third kappa shape index (κ3) is 3.82. The molecule has 0 aliphatic carbocycles. The molecule has 0 aromatic heterocycles. The van der Waals surface area contributed by atoms with Crippen molar-refractivity contribution in [3.8, 4) is 0 Å². The molecule has 1 saturated heterocycles. The Hall–Kier alpha value is -1.42. The standard InChI is InChI=1S/C18H23NO2/c1-20-14-19-10-4-7-18(12-19)21-13-15-8-9-16-5-2-3-6-17(16)11-15/h2-3,5-6,8-9,11,18H,4,7,10,12-14H2,1H3. The minimum atomic E-state index is 0.320. The molecule has 1 heterocycles. The summed E-state index contributed by atoms with van der Waals surface area (Å²) < 4.78 is 11.3. The molecule has 3 heteroatoms. The zero-order valence-corrected chi connectivity index (χ0v) is 12.6. The van der Waals surface area contributed by atoms with E-state index >= 15 is 0 Å². The number of piperidine rings is 1. The van der Waals surface area contributed by atoms with Crippen LogP contribution in [-0.2, 0) is 16.1 Å². The fourth-order valence-electron chi connectivity index (χ4n) is 2.99. The van der Waals surface area contributed by atoms with Crippen LogP contribution in [0.2, 0.25) is 0 Å². The van der Waals surface area contributed by atoms with E-state index < -0.39 is 0 Å². The lowest BCUT2D eigenvalue weighted by atomic mass is 10.1. The molecular weight excluding hydrogens is 262 g/mol. The van der Waals surface area contributed by atoms with Crippen LogP contribution in [0.15, 0.2) is 42.5 Å². The molecule has 2 aromatic carbocycles. The first-order valence-electron chi connectivity index (χ1n) is 7.66. The summed E-state index contributed by atoms with van der Waals surface area (Å²) >= 11 is 0. The first-order valence-corrected chi connectivity index (χ1v) is 7.66. The zero-order valence-electron chi connectivity index (χ0n) is 12.6. The lowest BCUT2D eigenvalue weighted by Gasteiger charge is -2.31. The first kappa shape index (κ1) is 14.5. The number of nitrogens with zero attached hydrogens (tertiary/aromatic N) is 1. The molecular formula is C18H23NO2. The average molecular weight is 285 g/mol.